The smallest absolute Gasteiger partial charge is 0.162 e. The van der Waals surface area contributed by atoms with Gasteiger partial charge in [0.05, 0.1) is 18.7 Å². The number of nitrogens with zero attached hydrogens (tertiary/aromatic N) is 2. The molecule has 5 nitrogen and oxygen atoms in total. The van der Waals surface area contributed by atoms with Crippen molar-refractivity contribution in [2.45, 2.75) is 38.2 Å². The molecular weight excluding hydrogens is 314 g/mol. The van der Waals surface area contributed by atoms with Crippen molar-refractivity contribution < 1.29 is 9.47 Å². The van der Waals surface area contributed by atoms with Crippen LogP contribution in [0, 0.1) is 0 Å². The fraction of sp³-hybridized carbons (Fsp3) is 0.412. The van der Waals surface area contributed by atoms with Crippen LogP contribution in [0.25, 0.3) is 21.9 Å². The van der Waals surface area contributed by atoms with Crippen molar-refractivity contribution in [1.29, 1.82) is 0 Å². The minimum absolute atomic E-state index is 0.263. The van der Waals surface area contributed by atoms with Gasteiger partial charge in [-0.3, -0.25) is 0 Å². The molecule has 1 aliphatic carbocycles. The summed E-state index contributed by atoms with van der Waals surface area (Å²) in [4.78, 5) is 11.6. The lowest BCUT2D eigenvalue weighted by Gasteiger charge is -2.24. The highest BCUT2D eigenvalue weighted by Crippen LogP contribution is 2.37. The summed E-state index contributed by atoms with van der Waals surface area (Å²) in [6.45, 7) is 0. The third-order valence-corrected chi connectivity index (χ3v) is 4.75. The first-order chi connectivity index (χ1) is 11.3. The number of hydrogen-bond acceptors (Lipinski definition) is 4. The first-order valence-electron chi connectivity index (χ1n) is 7.93. The molecule has 3 aromatic rings. The summed E-state index contributed by atoms with van der Waals surface area (Å²) in [6.07, 6.45) is 7.69. The number of halogens is 1. The largest absolute Gasteiger partial charge is 0.493 e. The second-order valence-electron chi connectivity index (χ2n) is 5.94. The van der Waals surface area contributed by atoms with Gasteiger partial charge < -0.3 is 14.5 Å². The third-order valence-electron chi connectivity index (χ3n) is 4.47. The van der Waals surface area contributed by atoms with E-state index in [1.807, 2.05) is 12.1 Å². The Morgan fingerprint density at radius 3 is 2.74 bits per heavy atom. The average Bonchev–Trinajstić information content (AvgIpc) is 2.94. The molecule has 0 unspecified atom stereocenters. The third kappa shape index (κ3) is 2.59. The number of aromatic nitrogens is 3. The summed E-state index contributed by atoms with van der Waals surface area (Å²) in [6, 6.07) is 3.93. The van der Waals surface area contributed by atoms with Gasteiger partial charge in [-0.25, -0.2) is 9.97 Å². The van der Waals surface area contributed by atoms with Crippen LogP contribution in [0.1, 0.15) is 32.1 Å². The lowest BCUT2D eigenvalue weighted by molar-refractivity contribution is 0.150. The number of hydrogen-bond donors (Lipinski definition) is 1. The van der Waals surface area contributed by atoms with E-state index in [-0.39, 0.29) is 6.10 Å². The fourth-order valence-electron chi connectivity index (χ4n) is 3.29. The molecule has 2 heterocycles. The molecule has 1 fully saturated rings. The van der Waals surface area contributed by atoms with E-state index in [1.165, 1.54) is 25.6 Å². The number of rotatable bonds is 3. The van der Waals surface area contributed by atoms with Crippen molar-refractivity contribution in [2.75, 3.05) is 7.11 Å². The van der Waals surface area contributed by atoms with E-state index < -0.39 is 0 Å². The van der Waals surface area contributed by atoms with E-state index in [0.29, 0.717) is 5.15 Å². The fourth-order valence-corrected chi connectivity index (χ4v) is 3.47. The molecule has 0 amide bonds. The molecule has 6 heteroatoms. The first kappa shape index (κ1) is 14.6. The first-order valence-corrected chi connectivity index (χ1v) is 8.30. The Morgan fingerprint density at radius 1 is 1.13 bits per heavy atom. The van der Waals surface area contributed by atoms with Crippen LogP contribution in [-0.4, -0.2) is 28.2 Å². The van der Waals surface area contributed by atoms with Crippen molar-refractivity contribution in [3.05, 3.63) is 23.6 Å². The normalized spacial score (nSPS) is 16.1. The predicted molar refractivity (Wildman–Crippen MR) is 90.5 cm³/mol. The van der Waals surface area contributed by atoms with E-state index in [4.69, 9.17) is 21.1 Å². The highest BCUT2D eigenvalue weighted by atomic mass is 35.5. The van der Waals surface area contributed by atoms with Crippen molar-refractivity contribution in [1.82, 2.24) is 15.0 Å². The van der Waals surface area contributed by atoms with Gasteiger partial charge in [-0.2, -0.15) is 0 Å². The van der Waals surface area contributed by atoms with Crippen molar-refractivity contribution in [3.8, 4) is 11.5 Å². The Bertz CT molecular complexity index is 856. The van der Waals surface area contributed by atoms with Gasteiger partial charge in [-0.1, -0.05) is 18.0 Å². The molecule has 0 bridgehead atoms. The van der Waals surface area contributed by atoms with Crippen molar-refractivity contribution >= 4 is 33.5 Å². The van der Waals surface area contributed by atoms with E-state index in [0.717, 1.165) is 46.3 Å². The Kier molecular flexibility index (Phi) is 3.73. The topological polar surface area (TPSA) is 60.0 Å². The van der Waals surface area contributed by atoms with E-state index in [1.54, 1.807) is 7.11 Å². The molecule has 4 rings (SSSR count). The molecule has 1 N–H and O–H groups in total. The molecule has 0 saturated heterocycles. The standard InChI is InChI=1S/C17H18ClN3O2/c1-22-13-8-12-11(15-16(21-12)17(18)20-9-19-15)7-14(13)23-10-5-3-2-4-6-10/h7-10,21H,2-6H2,1H3. The Labute approximate surface area is 139 Å². The number of nitrogens with one attached hydrogen (secondary N) is 1. The second-order valence-corrected chi connectivity index (χ2v) is 6.30. The van der Waals surface area contributed by atoms with Gasteiger partial charge in [0, 0.05) is 11.5 Å². The highest BCUT2D eigenvalue weighted by molar-refractivity contribution is 6.34. The zero-order valence-electron chi connectivity index (χ0n) is 12.9. The van der Waals surface area contributed by atoms with Gasteiger partial charge in [0.25, 0.3) is 0 Å². The number of benzene rings is 1. The molecular formula is C17H18ClN3O2. The van der Waals surface area contributed by atoms with Crippen LogP contribution in [0.4, 0.5) is 0 Å². The summed E-state index contributed by atoms with van der Waals surface area (Å²) in [5.74, 6) is 1.49. The zero-order chi connectivity index (χ0) is 15.8. The van der Waals surface area contributed by atoms with Gasteiger partial charge >= 0.3 is 0 Å². The lowest BCUT2D eigenvalue weighted by Crippen LogP contribution is -2.19. The van der Waals surface area contributed by atoms with Gasteiger partial charge in [-0.15, -0.1) is 0 Å². The molecule has 1 aromatic carbocycles. The van der Waals surface area contributed by atoms with Crippen LogP contribution < -0.4 is 9.47 Å². The van der Waals surface area contributed by atoms with Crippen molar-refractivity contribution in [2.24, 2.45) is 0 Å². The summed E-state index contributed by atoms with van der Waals surface area (Å²) >= 11 is 6.15. The lowest BCUT2D eigenvalue weighted by atomic mass is 9.98. The number of aromatic amines is 1. The average molecular weight is 332 g/mol. The number of methoxy groups -OCH3 is 1. The monoisotopic (exact) mass is 331 g/mol. The number of fused-ring (bicyclic) bond motifs is 3. The number of ether oxygens (including phenoxy) is 2. The molecule has 0 aliphatic heterocycles. The highest BCUT2D eigenvalue weighted by Gasteiger charge is 2.19. The molecule has 1 saturated carbocycles. The Hall–Kier alpha value is -2.01. The van der Waals surface area contributed by atoms with Gasteiger partial charge in [0.1, 0.15) is 17.4 Å². The van der Waals surface area contributed by atoms with Gasteiger partial charge in [0.15, 0.2) is 16.7 Å². The van der Waals surface area contributed by atoms with Crippen molar-refractivity contribution in [3.63, 3.8) is 0 Å². The zero-order valence-corrected chi connectivity index (χ0v) is 13.7. The predicted octanol–water partition coefficient (Wildman–Crippen LogP) is 4.48. The maximum atomic E-state index is 6.22. The quantitative estimate of drug-likeness (QED) is 0.718. The molecule has 23 heavy (non-hydrogen) atoms. The van der Waals surface area contributed by atoms with Crippen LogP contribution in [-0.2, 0) is 0 Å². The molecule has 0 radical (unpaired) electrons. The Balaban J connectivity index is 1.82. The molecule has 0 atom stereocenters. The maximum absolute atomic E-state index is 6.22. The van der Waals surface area contributed by atoms with E-state index in [2.05, 4.69) is 15.0 Å². The van der Waals surface area contributed by atoms with Gasteiger partial charge in [-0.05, 0) is 31.7 Å². The summed E-state index contributed by atoms with van der Waals surface area (Å²) in [7, 11) is 1.66. The second kappa shape index (κ2) is 5.89. The molecule has 120 valence electrons. The summed E-state index contributed by atoms with van der Waals surface area (Å²) in [5.41, 5.74) is 2.45. The van der Waals surface area contributed by atoms with Crippen LogP contribution in [0.2, 0.25) is 5.15 Å². The van der Waals surface area contributed by atoms with E-state index >= 15 is 0 Å². The minimum atomic E-state index is 0.263. The van der Waals surface area contributed by atoms with Crippen LogP contribution in [0.15, 0.2) is 18.5 Å². The van der Waals surface area contributed by atoms with E-state index in [9.17, 15) is 0 Å². The molecule has 2 aromatic heterocycles. The van der Waals surface area contributed by atoms with Gasteiger partial charge in [0.2, 0.25) is 0 Å². The number of H-pyrrole nitrogens is 1. The molecule has 0 spiro atoms. The van der Waals surface area contributed by atoms with Crippen LogP contribution >= 0.6 is 11.6 Å². The van der Waals surface area contributed by atoms with Crippen LogP contribution in [0.5, 0.6) is 11.5 Å². The summed E-state index contributed by atoms with van der Waals surface area (Å²) in [5, 5.41) is 1.39. The Morgan fingerprint density at radius 2 is 1.96 bits per heavy atom. The maximum Gasteiger partial charge on any atom is 0.162 e. The SMILES string of the molecule is COc1cc2[nH]c3c(Cl)ncnc3c2cc1OC1CCCCC1. The summed E-state index contributed by atoms with van der Waals surface area (Å²) < 4.78 is 11.7. The molecule has 1 aliphatic rings. The minimum Gasteiger partial charge on any atom is -0.493 e. The van der Waals surface area contributed by atoms with Crippen LogP contribution in [0.3, 0.4) is 0 Å².